The van der Waals surface area contributed by atoms with E-state index in [1.54, 1.807) is 14.0 Å². The average molecular weight is 332 g/mol. The van der Waals surface area contributed by atoms with Crippen molar-refractivity contribution in [1.82, 2.24) is 0 Å². The summed E-state index contributed by atoms with van der Waals surface area (Å²) in [4.78, 5) is 13.7. The zero-order valence-electron chi connectivity index (χ0n) is 13.3. The van der Waals surface area contributed by atoms with E-state index in [4.69, 9.17) is 9.47 Å². The third kappa shape index (κ3) is 2.99. The van der Waals surface area contributed by atoms with E-state index in [0.717, 1.165) is 46.6 Å². The van der Waals surface area contributed by atoms with E-state index in [0.29, 0.717) is 11.5 Å². The van der Waals surface area contributed by atoms with Gasteiger partial charge in [-0.1, -0.05) is 12.1 Å². The molecule has 1 aromatic heterocycles. The number of hydrogen-bond acceptors (Lipinski definition) is 5. The molecule has 5 heteroatoms. The monoisotopic (exact) mass is 332 g/mol. The number of carbonyl (C=O) groups is 1. The zero-order chi connectivity index (χ0) is 16.4. The van der Waals surface area contributed by atoms with Crippen LogP contribution < -0.4 is 4.74 Å². The maximum absolute atomic E-state index is 12.2. The molecule has 2 aromatic rings. The molecule has 1 unspecified atom stereocenters. The number of aliphatic hydroxyl groups is 1. The van der Waals surface area contributed by atoms with Crippen molar-refractivity contribution in [2.75, 3.05) is 13.7 Å². The van der Waals surface area contributed by atoms with Crippen molar-refractivity contribution >= 4 is 17.3 Å². The van der Waals surface area contributed by atoms with E-state index >= 15 is 0 Å². The minimum absolute atomic E-state index is 0.274. The molecule has 4 nitrogen and oxygen atoms in total. The molecular weight excluding hydrogens is 312 g/mol. The molecule has 1 atom stereocenters. The van der Waals surface area contributed by atoms with Gasteiger partial charge in [0, 0.05) is 4.88 Å². The summed E-state index contributed by atoms with van der Waals surface area (Å²) in [5.41, 5.74) is 2.99. The third-order valence-corrected chi connectivity index (χ3v) is 5.45. The van der Waals surface area contributed by atoms with Gasteiger partial charge < -0.3 is 14.6 Å². The lowest BCUT2D eigenvalue weighted by Gasteiger charge is -2.11. The van der Waals surface area contributed by atoms with Crippen LogP contribution in [-0.2, 0) is 17.6 Å². The largest absolute Gasteiger partial charge is 0.497 e. The summed E-state index contributed by atoms with van der Waals surface area (Å²) in [6, 6.07) is 7.38. The molecule has 0 spiro atoms. The molecule has 0 bridgehead atoms. The molecule has 1 heterocycles. The van der Waals surface area contributed by atoms with E-state index < -0.39 is 6.10 Å². The van der Waals surface area contributed by atoms with Crippen LogP contribution in [0.5, 0.6) is 5.75 Å². The first kappa shape index (κ1) is 16.0. The first-order chi connectivity index (χ1) is 11.2. The Morgan fingerprint density at radius 1 is 1.26 bits per heavy atom. The minimum atomic E-state index is -0.721. The van der Waals surface area contributed by atoms with Gasteiger partial charge in [-0.15, -0.1) is 11.3 Å². The van der Waals surface area contributed by atoms with Gasteiger partial charge in [0.2, 0.25) is 0 Å². The Bertz CT molecular complexity index is 703. The Hall–Kier alpha value is -1.85. The van der Waals surface area contributed by atoms with Crippen molar-refractivity contribution in [3.8, 4) is 5.75 Å². The van der Waals surface area contributed by atoms with Crippen molar-refractivity contribution in [3.05, 3.63) is 50.7 Å². The van der Waals surface area contributed by atoms with Gasteiger partial charge in [-0.3, -0.25) is 0 Å². The second kappa shape index (κ2) is 6.72. The molecule has 0 saturated heterocycles. The molecule has 0 aliphatic heterocycles. The van der Waals surface area contributed by atoms with Crippen LogP contribution in [-0.4, -0.2) is 24.8 Å². The lowest BCUT2D eigenvalue weighted by Crippen LogP contribution is -2.04. The summed E-state index contributed by atoms with van der Waals surface area (Å²) in [7, 11) is 1.61. The molecule has 1 aliphatic rings. The van der Waals surface area contributed by atoms with E-state index in [1.165, 1.54) is 11.3 Å². The highest BCUT2D eigenvalue weighted by Gasteiger charge is 2.30. The van der Waals surface area contributed by atoms with E-state index in [9.17, 15) is 9.90 Å². The van der Waals surface area contributed by atoms with Crippen LogP contribution in [0, 0.1) is 0 Å². The Labute approximate surface area is 139 Å². The highest BCUT2D eigenvalue weighted by molar-refractivity contribution is 7.14. The molecule has 0 radical (unpaired) electrons. The van der Waals surface area contributed by atoms with Crippen molar-refractivity contribution in [1.29, 1.82) is 0 Å². The average Bonchev–Trinajstić information content (AvgIpc) is 3.16. The second-order valence-corrected chi connectivity index (χ2v) is 6.55. The first-order valence-corrected chi connectivity index (χ1v) is 8.61. The van der Waals surface area contributed by atoms with E-state index in [1.807, 2.05) is 24.3 Å². The number of thiophene rings is 1. The topological polar surface area (TPSA) is 55.8 Å². The van der Waals surface area contributed by atoms with Gasteiger partial charge in [0.15, 0.2) is 0 Å². The van der Waals surface area contributed by atoms with E-state index in [-0.39, 0.29) is 5.97 Å². The summed E-state index contributed by atoms with van der Waals surface area (Å²) in [6.07, 6.45) is 2.09. The van der Waals surface area contributed by atoms with Crippen molar-refractivity contribution < 1.29 is 19.4 Å². The molecule has 23 heavy (non-hydrogen) atoms. The number of benzene rings is 1. The van der Waals surface area contributed by atoms with Gasteiger partial charge in [-0.05, 0) is 55.0 Å². The molecule has 1 aromatic carbocycles. The normalized spacial score (nSPS) is 14.4. The van der Waals surface area contributed by atoms with Gasteiger partial charge in [-0.25, -0.2) is 4.79 Å². The Balaban J connectivity index is 1.95. The maximum Gasteiger partial charge on any atom is 0.348 e. The number of esters is 1. The van der Waals surface area contributed by atoms with E-state index in [2.05, 4.69) is 0 Å². The lowest BCUT2D eigenvalue weighted by molar-refractivity contribution is 0.0531. The fourth-order valence-electron chi connectivity index (χ4n) is 3.02. The molecule has 0 fully saturated rings. The fraction of sp³-hybridized carbons (Fsp3) is 0.389. The number of fused-ring (bicyclic) bond motifs is 1. The Morgan fingerprint density at radius 3 is 2.61 bits per heavy atom. The van der Waals surface area contributed by atoms with Crippen LogP contribution in [0.25, 0.3) is 0 Å². The number of carbonyl (C=O) groups excluding carboxylic acids is 1. The number of aliphatic hydroxyl groups excluding tert-OH is 1. The molecule has 0 amide bonds. The Morgan fingerprint density at radius 2 is 1.96 bits per heavy atom. The summed E-state index contributed by atoms with van der Waals surface area (Å²) in [6.45, 7) is 2.17. The molecule has 1 N–H and O–H groups in total. The number of methoxy groups -OCH3 is 1. The number of ether oxygens (including phenoxy) is 2. The van der Waals surface area contributed by atoms with Crippen molar-refractivity contribution in [2.24, 2.45) is 0 Å². The highest BCUT2D eigenvalue weighted by Crippen LogP contribution is 2.41. The van der Waals surface area contributed by atoms with Crippen LogP contribution in [0.15, 0.2) is 24.3 Å². The molecule has 0 saturated carbocycles. The van der Waals surface area contributed by atoms with Crippen LogP contribution in [0.4, 0.5) is 0 Å². The van der Waals surface area contributed by atoms with Gasteiger partial charge in [0.1, 0.15) is 16.7 Å². The predicted molar refractivity (Wildman–Crippen MR) is 89.4 cm³/mol. The molecule has 3 rings (SSSR count). The predicted octanol–water partition coefficient (Wildman–Crippen LogP) is 3.50. The molecule has 122 valence electrons. The van der Waals surface area contributed by atoms with Crippen LogP contribution in [0.1, 0.15) is 50.7 Å². The molecular formula is C18H20O4S. The van der Waals surface area contributed by atoms with Crippen molar-refractivity contribution in [3.63, 3.8) is 0 Å². The summed E-state index contributed by atoms with van der Waals surface area (Å²) in [5, 5.41) is 10.8. The second-order valence-electron chi connectivity index (χ2n) is 5.50. The van der Waals surface area contributed by atoms with Crippen LogP contribution in [0.3, 0.4) is 0 Å². The van der Waals surface area contributed by atoms with Gasteiger partial charge in [-0.2, -0.15) is 0 Å². The molecule has 1 aliphatic carbocycles. The fourth-order valence-corrected chi connectivity index (χ4v) is 4.33. The Kier molecular flexibility index (Phi) is 4.68. The quantitative estimate of drug-likeness (QED) is 0.852. The number of rotatable bonds is 5. The third-order valence-electron chi connectivity index (χ3n) is 4.14. The smallest absolute Gasteiger partial charge is 0.348 e. The summed E-state index contributed by atoms with van der Waals surface area (Å²) >= 11 is 1.37. The number of hydrogen-bond donors (Lipinski definition) is 1. The van der Waals surface area contributed by atoms with Gasteiger partial charge >= 0.3 is 5.97 Å². The zero-order valence-corrected chi connectivity index (χ0v) is 14.1. The standard InChI is InChI=1S/C18H20O4S/c1-3-22-18(20)17-14-6-4-5-13(14)16(23-17)15(19)11-7-9-12(21-2)10-8-11/h7-10,15,19H,3-6H2,1-2H3. The summed E-state index contributed by atoms with van der Waals surface area (Å²) < 4.78 is 10.3. The lowest BCUT2D eigenvalue weighted by atomic mass is 10.0. The van der Waals surface area contributed by atoms with Gasteiger partial charge in [0.05, 0.1) is 13.7 Å². The SMILES string of the molecule is CCOC(=O)c1sc(C(O)c2ccc(OC)cc2)c2c1CCC2. The maximum atomic E-state index is 12.2. The van der Waals surface area contributed by atoms with Crippen LogP contribution >= 0.6 is 11.3 Å². The summed E-state index contributed by atoms with van der Waals surface area (Å²) in [5.74, 6) is 0.480. The van der Waals surface area contributed by atoms with Crippen LogP contribution in [0.2, 0.25) is 0 Å². The minimum Gasteiger partial charge on any atom is -0.497 e. The highest BCUT2D eigenvalue weighted by atomic mass is 32.1. The van der Waals surface area contributed by atoms with Gasteiger partial charge in [0.25, 0.3) is 0 Å². The van der Waals surface area contributed by atoms with Crippen molar-refractivity contribution in [2.45, 2.75) is 32.3 Å². The first-order valence-electron chi connectivity index (χ1n) is 7.79.